The van der Waals surface area contributed by atoms with E-state index in [4.69, 9.17) is 9.72 Å². The fourth-order valence-electron chi connectivity index (χ4n) is 4.22. The van der Waals surface area contributed by atoms with Crippen molar-refractivity contribution in [3.05, 3.63) is 60.6 Å². The summed E-state index contributed by atoms with van der Waals surface area (Å²) in [5.74, 6) is 0. The van der Waals surface area contributed by atoms with Crippen LogP contribution in [0.5, 0.6) is 0 Å². The van der Waals surface area contributed by atoms with E-state index in [1.165, 1.54) is 0 Å². The number of nitrogens with zero attached hydrogens (tertiary/aromatic N) is 4. The van der Waals surface area contributed by atoms with E-state index in [0.29, 0.717) is 6.61 Å². The lowest BCUT2D eigenvalue weighted by Gasteiger charge is -2.27. The van der Waals surface area contributed by atoms with Gasteiger partial charge in [0.2, 0.25) is 0 Å². The number of ether oxygens (including phenoxy) is 1. The Balaban J connectivity index is 1.36. The van der Waals surface area contributed by atoms with Crippen molar-refractivity contribution in [2.75, 3.05) is 51.7 Å². The second kappa shape index (κ2) is 10.1. The Labute approximate surface area is 193 Å². The summed E-state index contributed by atoms with van der Waals surface area (Å²) in [5.41, 5.74) is 7.45. The van der Waals surface area contributed by atoms with Crippen LogP contribution in [0.3, 0.4) is 0 Å². The number of rotatable bonds is 8. The van der Waals surface area contributed by atoms with E-state index in [1.807, 2.05) is 24.4 Å². The van der Waals surface area contributed by atoms with E-state index < -0.39 is 0 Å². The summed E-state index contributed by atoms with van der Waals surface area (Å²) in [5, 5.41) is 6.88. The summed E-state index contributed by atoms with van der Waals surface area (Å²) >= 11 is 0. The van der Waals surface area contributed by atoms with Gasteiger partial charge < -0.3 is 20.4 Å². The first-order valence-electron chi connectivity index (χ1n) is 11.4. The topological polar surface area (TPSA) is 91.0 Å². The smallest absolute Gasteiger partial charge is 0.114 e. The van der Waals surface area contributed by atoms with Gasteiger partial charge in [-0.3, -0.25) is 9.88 Å². The Hall–Kier alpha value is -3.33. The molecule has 0 amide bonds. The van der Waals surface area contributed by atoms with Crippen LogP contribution in [-0.4, -0.2) is 71.2 Å². The Morgan fingerprint density at radius 2 is 1.97 bits per heavy atom. The predicted octanol–water partition coefficient (Wildman–Crippen LogP) is 3.15. The van der Waals surface area contributed by atoms with Crippen LogP contribution in [0.4, 0.5) is 5.69 Å². The number of hydrogen-bond donors (Lipinski definition) is 3. The molecule has 170 valence electrons. The Kier molecular flexibility index (Phi) is 6.57. The molecule has 1 aliphatic rings. The molecule has 0 radical (unpaired) electrons. The molecule has 1 fully saturated rings. The van der Waals surface area contributed by atoms with Crippen LogP contribution >= 0.6 is 0 Å². The van der Waals surface area contributed by atoms with Crippen molar-refractivity contribution in [2.24, 2.45) is 0 Å². The van der Waals surface area contributed by atoms with E-state index in [9.17, 15) is 0 Å². The van der Waals surface area contributed by atoms with Crippen LogP contribution in [0.2, 0.25) is 0 Å². The van der Waals surface area contributed by atoms with E-state index in [-0.39, 0.29) is 0 Å². The minimum atomic E-state index is 0.571. The molecule has 0 saturated carbocycles. The van der Waals surface area contributed by atoms with Crippen LogP contribution in [-0.2, 0) is 11.3 Å². The maximum atomic E-state index is 5.28. The van der Waals surface area contributed by atoms with Gasteiger partial charge in [0, 0.05) is 51.9 Å². The molecule has 0 aliphatic carbocycles. The van der Waals surface area contributed by atoms with Crippen LogP contribution < -0.4 is 10.6 Å². The molecule has 5 rings (SSSR count). The molecule has 0 atom stereocenters. The molecule has 3 N–H and O–H groups in total. The molecule has 1 saturated heterocycles. The fraction of sp³-hybridized carbons (Fsp3) is 0.320. The second-order valence-electron chi connectivity index (χ2n) is 8.24. The van der Waals surface area contributed by atoms with Gasteiger partial charge in [-0.2, -0.15) is 0 Å². The monoisotopic (exact) mass is 443 g/mol. The highest BCUT2D eigenvalue weighted by molar-refractivity contribution is 5.83. The van der Waals surface area contributed by atoms with Crippen molar-refractivity contribution in [3.63, 3.8) is 0 Å². The highest BCUT2D eigenvalue weighted by Gasteiger charge is 2.14. The molecule has 1 aromatic carbocycles. The van der Waals surface area contributed by atoms with Crippen molar-refractivity contribution in [1.29, 1.82) is 0 Å². The molecular weight excluding hydrogens is 414 g/mol. The van der Waals surface area contributed by atoms with E-state index in [2.05, 4.69) is 54.8 Å². The summed E-state index contributed by atoms with van der Waals surface area (Å²) in [6.07, 6.45) is 3.59. The zero-order valence-electron chi connectivity index (χ0n) is 18.8. The van der Waals surface area contributed by atoms with Crippen LogP contribution in [0.25, 0.3) is 33.7 Å². The average molecular weight is 444 g/mol. The van der Waals surface area contributed by atoms with Gasteiger partial charge in [-0.1, -0.05) is 18.2 Å². The zero-order valence-corrected chi connectivity index (χ0v) is 18.8. The zero-order chi connectivity index (χ0) is 22.5. The molecule has 33 heavy (non-hydrogen) atoms. The molecule has 0 unspecified atom stereocenters. The number of fused-ring (bicyclic) bond motifs is 1. The van der Waals surface area contributed by atoms with Gasteiger partial charge in [0.1, 0.15) is 5.69 Å². The molecule has 3 aromatic heterocycles. The number of pyridine rings is 2. The number of imidazole rings is 1. The standard InChI is InChI=1S/C25H29N7O/c1-33-16-18-3-2-4-19(13-18)24-25(30-17-29-24)22-6-5-21-23(31-22)14-20(15-28-21)27-9-12-32-10-7-26-8-11-32/h2-6,13-15,17,26-27H,7-12,16H2,1H3,(H,29,30). The molecule has 4 aromatic rings. The highest BCUT2D eigenvalue weighted by atomic mass is 16.5. The van der Waals surface area contributed by atoms with Crippen molar-refractivity contribution in [2.45, 2.75) is 6.61 Å². The summed E-state index contributed by atoms with van der Waals surface area (Å²) < 4.78 is 5.28. The minimum Gasteiger partial charge on any atom is -0.382 e. The number of aromatic nitrogens is 4. The van der Waals surface area contributed by atoms with Gasteiger partial charge in [-0.15, -0.1) is 0 Å². The summed E-state index contributed by atoms with van der Waals surface area (Å²) in [4.78, 5) is 19.8. The molecule has 0 bridgehead atoms. The average Bonchev–Trinajstić information content (AvgIpc) is 3.35. The predicted molar refractivity (Wildman–Crippen MR) is 131 cm³/mol. The summed E-state index contributed by atoms with van der Waals surface area (Å²) in [6.45, 7) is 6.81. The molecule has 8 nitrogen and oxygen atoms in total. The van der Waals surface area contributed by atoms with Gasteiger partial charge in [0.05, 0.1) is 47.2 Å². The lowest BCUT2D eigenvalue weighted by Crippen LogP contribution is -2.45. The Bertz CT molecular complexity index is 1220. The normalized spacial score (nSPS) is 14.6. The van der Waals surface area contributed by atoms with Crippen molar-refractivity contribution >= 4 is 16.7 Å². The minimum absolute atomic E-state index is 0.571. The largest absolute Gasteiger partial charge is 0.382 e. The maximum Gasteiger partial charge on any atom is 0.114 e. The lowest BCUT2D eigenvalue weighted by molar-refractivity contribution is 0.185. The number of aromatic amines is 1. The lowest BCUT2D eigenvalue weighted by atomic mass is 10.1. The fourth-order valence-corrected chi connectivity index (χ4v) is 4.22. The third kappa shape index (κ3) is 5.03. The third-order valence-corrected chi connectivity index (χ3v) is 5.91. The maximum absolute atomic E-state index is 5.28. The number of piperazine rings is 1. The van der Waals surface area contributed by atoms with E-state index >= 15 is 0 Å². The number of nitrogens with one attached hydrogen (secondary N) is 3. The van der Waals surface area contributed by atoms with Crippen molar-refractivity contribution in [1.82, 2.24) is 30.2 Å². The molecule has 4 heterocycles. The van der Waals surface area contributed by atoms with Crippen molar-refractivity contribution in [3.8, 4) is 22.6 Å². The Morgan fingerprint density at radius 3 is 2.85 bits per heavy atom. The molecule has 1 aliphatic heterocycles. The van der Waals surface area contributed by atoms with Crippen molar-refractivity contribution < 1.29 is 4.74 Å². The third-order valence-electron chi connectivity index (χ3n) is 5.91. The number of benzene rings is 1. The SMILES string of the molecule is COCc1cccc(-c2[nH]cnc2-c2ccc3ncc(NCCN4CCNCC4)cc3n2)c1. The Morgan fingerprint density at radius 1 is 1.06 bits per heavy atom. The quantitative estimate of drug-likeness (QED) is 0.385. The highest BCUT2D eigenvalue weighted by Crippen LogP contribution is 2.29. The summed E-state index contributed by atoms with van der Waals surface area (Å²) in [6, 6.07) is 14.3. The first-order valence-corrected chi connectivity index (χ1v) is 11.4. The van der Waals surface area contributed by atoms with Crippen LogP contribution in [0.15, 0.2) is 55.0 Å². The summed E-state index contributed by atoms with van der Waals surface area (Å²) in [7, 11) is 1.70. The van der Waals surface area contributed by atoms with Crippen LogP contribution in [0.1, 0.15) is 5.56 Å². The van der Waals surface area contributed by atoms with Gasteiger partial charge in [-0.25, -0.2) is 9.97 Å². The second-order valence-corrected chi connectivity index (χ2v) is 8.24. The number of methoxy groups -OCH3 is 1. The first kappa shape index (κ1) is 21.5. The van der Waals surface area contributed by atoms with Gasteiger partial charge in [0.15, 0.2) is 0 Å². The van der Waals surface area contributed by atoms with E-state index in [1.54, 1.807) is 13.4 Å². The van der Waals surface area contributed by atoms with Crippen LogP contribution in [0, 0.1) is 0 Å². The molecular formula is C25H29N7O. The number of hydrogen-bond acceptors (Lipinski definition) is 7. The number of H-pyrrole nitrogens is 1. The van der Waals surface area contributed by atoms with Gasteiger partial charge in [-0.05, 0) is 29.8 Å². The number of anilines is 1. The molecule has 0 spiro atoms. The molecule has 8 heteroatoms. The van der Waals surface area contributed by atoms with E-state index in [0.717, 1.165) is 84.2 Å². The van der Waals surface area contributed by atoms with Gasteiger partial charge >= 0.3 is 0 Å². The van der Waals surface area contributed by atoms with Gasteiger partial charge in [0.25, 0.3) is 0 Å². The first-order chi connectivity index (χ1) is 16.3.